The first kappa shape index (κ1) is 21.2. The lowest BCUT2D eigenvalue weighted by atomic mass is 9.81. The third kappa shape index (κ3) is 4.50. The van der Waals surface area contributed by atoms with E-state index in [1.54, 1.807) is 17.9 Å². The summed E-state index contributed by atoms with van der Waals surface area (Å²) in [4.78, 5) is 14.2. The minimum Gasteiger partial charge on any atom is -0.491 e. The molecule has 0 N–H and O–H groups in total. The van der Waals surface area contributed by atoms with Crippen molar-refractivity contribution in [3.05, 3.63) is 29.2 Å². The van der Waals surface area contributed by atoms with Crippen LogP contribution >= 0.6 is 11.6 Å². The molecule has 0 aromatic carbocycles. The van der Waals surface area contributed by atoms with Gasteiger partial charge in [0.1, 0.15) is 5.82 Å². The van der Waals surface area contributed by atoms with Crippen molar-refractivity contribution < 1.29 is 17.9 Å². The Balaban J connectivity index is 1.41. The van der Waals surface area contributed by atoms with Crippen LogP contribution in [0.5, 0.6) is 5.75 Å². The van der Waals surface area contributed by atoms with Gasteiger partial charge in [0, 0.05) is 31.7 Å². The summed E-state index contributed by atoms with van der Waals surface area (Å²) in [5, 5.41) is 0.161. The number of anilines is 1. The lowest BCUT2D eigenvalue weighted by molar-refractivity contribution is -0.141. The second-order valence-electron chi connectivity index (χ2n) is 8.25. The highest BCUT2D eigenvalue weighted by Gasteiger charge is 2.39. The predicted octanol–water partition coefficient (Wildman–Crippen LogP) is 5.10. The van der Waals surface area contributed by atoms with Crippen molar-refractivity contribution in [1.82, 2.24) is 19.5 Å². The largest absolute Gasteiger partial charge is 0.491 e. The second kappa shape index (κ2) is 8.24. The summed E-state index contributed by atoms with van der Waals surface area (Å²) >= 11 is 5.93. The van der Waals surface area contributed by atoms with E-state index >= 15 is 0 Å². The lowest BCUT2D eigenvalue weighted by Crippen LogP contribution is -2.29. The molecule has 164 valence electrons. The summed E-state index contributed by atoms with van der Waals surface area (Å²) in [5.41, 5.74) is -0.765. The van der Waals surface area contributed by atoms with Gasteiger partial charge in [-0.2, -0.15) is 18.2 Å². The van der Waals surface area contributed by atoms with E-state index < -0.39 is 11.9 Å². The van der Waals surface area contributed by atoms with Gasteiger partial charge in [0.15, 0.2) is 17.3 Å². The lowest BCUT2D eigenvalue weighted by Gasteiger charge is -2.32. The number of halogens is 4. The van der Waals surface area contributed by atoms with Gasteiger partial charge in [0.05, 0.1) is 13.3 Å². The zero-order valence-corrected chi connectivity index (χ0v) is 17.7. The van der Waals surface area contributed by atoms with Crippen molar-refractivity contribution in [3.8, 4) is 5.75 Å². The van der Waals surface area contributed by atoms with E-state index in [-0.39, 0.29) is 17.2 Å². The fraction of sp³-hybridized carbons (Fsp3) is 0.650. The molecule has 0 spiro atoms. The summed E-state index contributed by atoms with van der Waals surface area (Å²) in [6.07, 6.45) is 3.75. The van der Waals surface area contributed by atoms with Crippen LogP contribution < -0.4 is 9.64 Å². The number of hydrogen-bond donors (Lipinski definition) is 0. The van der Waals surface area contributed by atoms with Crippen LogP contribution in [-0.2, 0) is 6.18 Å². The highest BCUT2D eigenvalue weighted by Crippen LogP contribution is 2.43. The van der Waals surface area contributed by atoms with Crippen molar-refractivity contribution >= 4 is 17.4 Å². The van der Waals surface area contributed by atoms with Crippen LogP contribution in [-0.4, -0.2) is 40.2 Å². The van der Waals surface area contributed by atoms with E-state index in [1.165, 1.54) is 6.20 Å². The molecule has 4 rings (SSSR count). The van der Waals surface area contributed by atoms with Gasteiger partial charge in [0.25, 0.3) is 0 Å². The predicted molar refractivity (Wildman–Crippen MR) is 107 cm³/mol. The van der Waals surface area contributed by atoms with Gasteiger partial charge in [0.2, 0.25) is 5.28 Å². The van der Waals surface area contributed by atoms with Crippen LogP contribution in [0, 0.1) is 5.92 Å². The van der Waals surface area contributed by atoms with Crippen LogP contribution in [0.15, 0.2) is 12.4 Å². The minimum atomic E-state index is -4.40. The number of ether oxygens (including phenoxy) is 1. The average Bonchev–Trinajstić information content (AvgIpc) is 3.45. The minimum absolute atomic E-state index is 0.0753. The first-order valence-electron chi connectivity index (χ1n) is 10.2. The highest BCUT2D eigenvalue weighted by molar-refractivity contribution is 6.28. The summed E-state index contributed by atoms with van der Waals surface area (Å²) in [5.74, 6) is 2.30. The Morgan fingerprint density at radius 2 is 1.87 bits per heavy atom. The van der Waals surface area contributed by atoms with Crippen molar-refractivity contribution in [1.29, 1.82) is 0 Å². The van der Waals surface area contributed by atoms with E-state index in [1.807, 2.05) is 11.9 Å². The second-order valence-corrected chi connectivity index (χ2v) is 8.59. The summed E-state index contributed by atoms with van der Waals surface area (Å²) < 4.78 is 46.6. The maximum absolute atomic E-state index is 13.2. The molecule has 2 fully saturated rings. The zero-order valence-electron chi connectivity index (χ0n) is 17.0. The van der Waals surface area contributed by atoms with E-state index in [4.69, 9.17) is 16.3 Å². The Bertz CT molecular complexity index is 891. The highest BCUT2D eigenvalue weighted by atomic mass is 35.5. The summed E-state index contributed by atoms with van der Waals surface area (Å²) in [6, 6.07) is 0.183. The van der Waals surface area contributed by atoms with Gasteiger partial charge in [-0.1, -0.05) is 0 Å². The molecule has 2 aliphatic rings. The summed E-state index contributed by atoms with van der Waals surface area (Å²) in [7, 11) is 3.50. The quantitative estimate of drug-likeness (QED) is 0.581. The van der Waals surface area contributed by atoms with E-state index in [0.717, 1.165) is 45.1 Å². The van der Waals surface area contributed by atoms with Crippen LogP contribution in [0.25, 0.3) is 0 Å². The molecular formula is C20H25ClF3N5O. The number of alkyl halides is 3. The Kier molecular flexibility index (Phi) is 5.83. The van der Waals surface area contributed by atoms with Crippen molar-refractivity contribution in [2.75, 3.05) is 25.6 Å². The Morgan fingerprint density at radius 3 is 2.47 bits per heavy atom. The van der Waals surface area contributed by atoms with Crippen LogP contribution in [0.3, 0.4) is 0 Å². The van der Waals surface area contributed by atoms with E-state index in [9.17, 15) is 13.2 Å². The molecule has 2 aromatic heterocycles. The number of rotatable bonds is 6. The molecule has 2 saturated carbocycles. The van der Waals surface area contributed by atoms with Gasteiger partial charge in [-0.25, -0.2) is 9.97 Å². The first-order valence-corrected chi connectivity index (χ1v) is 10.6. The molecule has 6 nitrogen and oxygen atoms in total. The molecular weight excluding hydrogens is 419 g/mol. The van der Waals surface area contributed by atoms with Crippen LogP contribution in [0.2, 0.25) is 5.28 Å². The van der Waals surface area contributed by atoms with Crippen LogP contribution in [0.4, 0.5) is 19.0 Å². The number of hydrogen-bond acceptors (Lipinski definition) is 5. The normalized spacial score (nSPS) is 22.2. The molecule has 0 aliphatic heterocycles. The number of nitrogens with zero attached hydrogens (tertiary/aromatic N) is 5. The molecule has 2 aliphatic carbocycles. The monoisotopic (exact) mass is 443 g/mol. The first-order chi connectivity index (χ1) is 14.3. The van der Waals surface area contributed by atoms with Gasteiger partial charge < -0.3 is 14.2 Å². The topological polar surface area (TPSA) is 56.1 Å². The Morgan fingerprint density at radius 1 is 1.17 bits per heavy atom. The smallest absolute Gasteiger partial charge is 0.434 e. The van der Waals surface area contributed by atoms with Crippen molar-refractivity contribution in [2.45, 2.75) is 56.7 Å². The fourth-order valence-electron chi connectivity index (χ4n) is 4.33. The van der Waals surface area contributed by atoms with Gasteiger partial charge in [-0.05, 0) is 56.0 Å². The number of methoxy groups -OCH3 is 1. The molecule has 0 amide bonds. The van der Waals surface area contributed by atoms with Crippen LogP contribution in [0.1, 0.15) is 62.0 Å². The van der Waals surface area contributed by atoms with Gasteiger partial charge in [-0.3, -0.25) is 0 Å². The molecule has 30 heavy (non-hydrogen) atoms. The molecule has 0 radical (unpaired) electrons. The number of aromatic nitrogens is 4. The summed E-state index contributed by atoms with van der Waals surface area (Å²) in [6.45, 7) is 0.765. The molecule has 0 saturated heterocycles. The van der Waals surface area contributed by atoms with Crippen molar-refractivity contribution in [3.63, 3.8) is 0 Å². The number of imidazole rings is 1. The molecule has 0 bridgehead atoms. The molecule has 10 heteroatoms. The average molecular weight is 444 g/mol. The molecule has 2 heterocycles. The van der Waals surface area contributed by atoms with Gasteiger partial charge >= 0.3 is 6.18 Å². The Hall–Kier alpha value is -2.03. The maximum Gasteiger partial charge on any atom is 0.434 e. The zero-order chi connectivity index (χ0) is 21.5. The van der Waals surface area contributed by atoms with E-state index in [2.05, 4.69) is 15.0 Å². The molecule has 2 aromatic rings. The SMILES string of the molecule is COc1cnc(Cl)nc1N(C)CC1CCC(c2nc(C(F)(F)F)cn2C2CC2)CC1. The standard InChI is InChI=1S/C20H25ClF3N5O/c1-28(18-15(30-2)9-25-19(21)27-18)10-12-3-5-13(6-4-12)17-26-16(20(22,23)24)11-29(17)14-7-8-14/h9,11-14H,3-8,10H2,1-2H3. The fourth-order valence-corrected chi connectivity index (χ4v) is 4.46. The third-order valence-corrected chi connectivity index (χ3v) is 6.21. The van der Waals surface area contributed by atoms with E-state index in [0.29, 0.717) is 23.3 Å². The Labute approximate surface area is 178 Å². The van der Waals surface area contributed by atoms with Crippen molar-refractivity contribution in [2.24, 2.45) is 5.92 Å². The maximum atomic E-state index is 13.2. The van der Waals surface area contributed by atoms with Gasteiger partial charge in [-0.15, -0.1) is 0 Å². The third-order valence-electron chi connectivity index (χ3n) is 6.02. The molecule has 0 unspecified atom stereocenters. The molecule has 0 atom stereocenters.